The summed E-state index contributed by atoms with van der Waals surface area (Å²) in [4.78, 5) is 0. The second-order valence-electron chi connectivity index (χ2n) is 4.80. The molecule has 0 saturated carbocycles. The third-order valence-corrected chi connectivity index (χ3v) is 4.06. The second kappa shape index (κ2) is 10.0. The van der Waals surface area contributed by atoms with Gasteiger partial charge in [0.05, 0.1) is 25.4 Å². The van der Waals surface area contributed by atoms with Crippen LogP contribution >= 0.6 is 11.8 Å². The molecule has 1 fully saturated rings. The highest BCUT2D eigenvalue weighted by Crippen LogP contribution is 2.11. The highest BCUT2D eigenvalue weighted by molar-refractivity contribution is 7.99. The van der Waals surface area contributed by atoms with Crippen LogP contribution < -0.4 is 5.32 Å². The molecule has 0 amide bonds. The fraction of sp³-hybridized carbons (Fsp3) is 1.00. The molecule has 3 atom stereocenters. The number of nitrogens with one attached hydrogen (secondary N) is 1. The van der Waals surface area contributed by atoms with Crippen LogP contribution in [-0.4, -0.2) is 61.2 Å². The Morgan fingerprint density at radius 1 is 1.56 bits per heavy atom. The molecular weight excluding hydrogens is 250 g/mol. The van der Waals surface area contributed by atoms with Crippen LogP contribution in [0.1, 0.15) is 26.7 Å². The normalized spacial score (nSPS) is 23.2. The van der Waals surface area contributed by atoms with Crippen molar-refractivity contribution in [2.75, 3.05) is 37.9 Å². The molecule has 108 valence electrons. The van der Waals surface area contributed by atoms with Crippen molar-refractivity contribution in [3.63, 3.8) is 0 Å². The van der Waals surface area contributed by atoms with Gasteiger partial charge in [0.25, 0.3) is 0 Å². The molecule has 1 saturated heterocycles. The molecule has 0 aromatic heterocycles. The topological polar surface area (TPSA) is 50.7 Å². The lowest BCUT2D eigenvalue weighted by Crippen LogP contribution is -2.37. The molecule has 0 aliphatic carbocycles. The Morgan fingerprint density at radius 3 is 3.06 bits per heavy atom. The number of ether oxygens (including phenoxy) is 2. The average Bonchev–Trinajstić information content (AvgIpc) is 2.87. The van der Waals surface area contributed by atoms with Gasteiger partial charge in [-0.25, -0.2) is 0 Å². The maximum absolute atomic E-state index is 9.76. The van der Waals surface area contributed by atoms with Gasteiger partial charge in [0.1, 0.15) is 0 Å². The number of aliphatic hydroxyl groups excluding tert-OH is 1. The Morgan fingerprint density at radius 2 is 2.39 bits per heavy atom. The van der Waals surface area contributed by atoms with Gasteiger partial charge in [0.15, 0.2) is 0 Å². The van der Waals surface area contributed by atoms with E-state index in [0.29, 0.717) is 25.8 Å². The van der Waals surface area contributed by atoms with Crippen LogP contribution in [0.4, 0.5) is 0 Å². The number of rotatable bonds is 10. The van der Waals surface area contributed by atoms with E-state index in [-0.39, 0.29) is 6.10 Å². The van der Waals surface area contributed by atoms with Crippen molar-refractivity contribution in [2.45, 2.75) is 44.9 Å². The quantitative estimate of drug-likeness (QED) is 0.630. The summed E-state index contributed by atoms with van der Waals surface area (Å²) >= 11 is 1.91. The molecule has 0 spiro atoms. The van der Waals surface area contributed by atoms with Gasteiger partial charge in [-0.1, -0.05) is 6.92 Å². The summed E-state index contributed by atoms with van der Waals surface area (Å²) in [6.07, 6.45) is 2.02. The first-order chi connectivity index (χ1) is 8.72. The van der Waals surface area contributed by atoms with E-state index in [9.17, 15) is 5.11 Å². The molecule has 5 heteroatoms. The first-order valence-electron chi connectivity index (χ1n) is 6.91. The van der Waals surface area contributed by atoms with Crippen LogP contribution in [0.5, 0.6) is 0 Å². The Balaban J connectivity index is 1.94. The predicted molar refractivity (Wildman–Crippen MR) is 76.3 cm³/mol. The first-order valence-corrected chi connectivity index (χ1v) is 8.06. The van der Waals surface area contributed by atoms with E-state index >= 15 is 0 Å². The number of hydrogen-bond acceptors (Lipinski definition) is 5. The molecule has 4 nitrogen and oxygen atoms in total. The highest BCUT2D eigenvalue weighted by Gasteiger charge is 2.16. The lowest BCUT2D eigenvalue weighted by molar-refractivity contribution is -0.0167. The van der Waals surface area contributed by atoms with Gasteiger partial charge in [0.2, 0.25) is 0 Å². The van der Waals surface area contributed by atoms with Gasteiger partial charge in [-0.15, -0.1) is 0 Å². The average molecular weight is 277 g/mol. The second-order valence-corrected chi connectivity index (χ2v) is 6.11. The minimum Gasteiger partial charge on any atom is -0.389 e. The van der Waals surface area contributed by atoms with Crippen molar-refractivity contribution in [2.24, 2.45) is 0 Å². The predicted octanol–water partition coefficient (Wildman–Crippen LogP) is 1.27. The van der Waals surface area contributed by atoms with Crippen molar-refractivity contribution in [3.8, 4) is 0 Å². The largest absolute Gasteiger partial charge is 0.389 e. The molecule has 0 radical (unpaired) electrons. The molecule has 1 aliphatic rings. The van der Waals surface area contributed by atoms with E-state index < -0.39 is 6.10 Å². The van der Waals surface area contributed by atoms with Crippen molar-refractivity contribution in [1.82, 2.24) is 5.32 Å². The SMILES string of the molecule is CCSCC(C)NCC(O)COCC1CCCO1. The summed E-state index contributed by atoms with van der Waals surface area (Å²) in [6.45, 7) is 6.74. The molecule has 1 rings (SSSR count). The lowest BCUT2D eigenvalue weighted by Gasteiger charge is -2.17. The molecule has 3 unspecified atom stereocenters. The Kier molecular flexibility index (Phi) is 9.06. The van der Waals surface area contributed by atoms with Crippen molar-refractivity contribution in [1.29, 1.82) is 0 Å². The van der Waals surface area contributed by atoms with E-state index in [4.69, 9.17) is 9.47 Å². The van der Waals surface area contributed by atoms with Crippen LogP contribution in [0.15, 0.2) is 0 Å². The molecule has 0 bridgehead atoms. The zero-order chi connectivity index (χ0) is 13.2. The van der Waals surface area contributed by atoms with Crippen LogP contribution in [-0.2, 0) is 9.47 Å². The lowest BCUT2D eigenvalue weighted by atomic mass is 10.2. The molecule has 0 aromatic rings. The fourth-order valence-corrected chi connectivity index (χ4v) is 2.57. The van der Waals surface area contributed by atoms with Gasteiger partial charge in [-0.2, -0.15) is 11.8 Å². The van der Waals surface area contributed by atoms with Gasteiger partial charge in [-0.05, 0) is 25.5 Å². The minimum atomic E-state index is -0.430. The Labute approximate surface area is 115 Å². The minimum absolute atomic E-state index is 0.241. The maximum atomic E-state index is 9.76. The monoisotopic (exact) mass is 277 g/mol. The van der Waals surface area contributed by atoms with Crippen LogP contribution in [0, 0.1) is 0 Å². The summed E-state index contributed by atoms with van der Waals surface area (Å²) < 4.78 is 10.9. The maximum Gasteiger partial charge on any atom is 0.0897 e. The Bertz CT molecular complexity index is 201. The van der Waals surface area contributed by atoms with Gasteiger partial charge in [-0.3, -0.25) is 0 Å². The summed E-state index contributed by atoms with van der Waals surface area (Å²) in [5.74, 6) is 2.22. The van der Waals surface area contributed by atoms with Crippen molar-refractivity contribution >= 4 is 11.8 Å². The fourth-order valence-electron chi connectivity index (χ4n) is 1.86. The zero-order valence-corrected chi connectivity index (χ0v) is 12.4. The number of aliphatic hydroxyl groups is 1. The molecule has 1 heterocycles. The first kappa shape index (κ1) is 16.2. The molecule has 2 N–H and O–H groups in total. The molecule has 0 aromatic carbocycles. The van der Waals surface area contributed by atoms with E-state index in [1.54, 1.807) is 0 Å². The van der Waals surface area contributed by atoms with E-state index in [1.807, 2.05) is 11.8 Å². The van der Waals surface area contributed by atoms with Gasteiger partial charge >= 0.3 is 0 Å². The van der Waals surface area contributed by atoms with Crippen LogP contribution in [0.3, 0.4) is 0 Å². The number of thioether (sulfide) groups is 1. The number of hydrogen-bond donors (Lipinski definition) is 2. The van der Waals surface area contributed by atoms with Crippen molar-refractivity contribution < 1.29 is 14.6 Å². The Hall–Kier alpha value is 0.190. The van der Waals surface area contributed by atoms with Crippen molar-refractivity contribution in [3.05, 3.63) is 0 Å². The van der Waals surface area contributed by atoms with Gasteiger partial charge in [0, 0.05) is 24.9 Å². The molecule has 1 aliphatic heterocycles. The van der Waals surface area contributed by atoms with E-state index in [2.05, 4.69) is 19.2 Å². The van der Waals surface area contributed by atoms with Crippen LogP contribution in [0.25, 0.3) is 0 Å². The third-order valence-electron chi connectivity index (χ3n) is 2.91. The van der Waals surface area contributed by atoms with Gasteiger partial charge < -0.3 is 19.9 Å². The van der Waals surface area contributed by atoms with Crippen LogP contribution in [0.2, 0.25) is 0 Å². The summed E-state index contributed by atoms with van der Waals surface area (Å²) in [5.41, 5.74) is 0. The molecular formula is C13H27NO3S. The third kappa shape index (κ3) is 7.59. The standard InChI is InChI=1S/C13H27NO3S/c1-3-18-10-11(2)14-7-12(15)8-16-9-13-5-4-6-17-13/h11-15H,3-10H2,1-2H3. The van der Waals surface area contributed by atoms with E-state index in [1.165, 1.54) is 0 Å². The smallest absolute Gasteiger partial charge is 0.0897 e. The zero-order valence-electron chi connectivity index (χ0n) is 11.6. The summed E-state index contributed by atoms with van der Waals surface area (Å²) in [6, 6.07) is 0.433. The highest BCUT2D eigenvalue weighted by atomic mass is 32.2. The summed E-state index contributed by atoms with van der Waals surface area (Å²) in [5, 5.41) is 13.1. The summed E-state index contributed by atoms with van der Waals surface area (Å²) in [7, 11) is 0. The molecule has 18 heavy (non-hydrogen) atoms. The van der Waals surface area contributed by atoms with E-state index in [0.717, 1.165) is 31.0 Å².